The number of nitro groups is 1. The van der Waals surface area contributed by atoms with Gasteiger partial charge < -0.3 is 14.5 Å². The summed E-state index contributed by atoms with van der Waals surface area (Å²) < 4.78 is 11.2. The van der Waals surface area contributed by atoms with E-state index < -0.39 is 4.92 Å². The molecule has 1 aromatic heterocycles. The average Bonchev–Trinajstić information content (AvgIpc) is 3.41. The second-order valence-corrected chi connectivity index (χ2v) is 6.88. The van der Waals surface area contributed by atoms with Crippen molar-refractivity contribution in [1.29, 1.82) is 0 Å². The summed E-state index contributed by atoms with van der Waals surface area (Å²) in [5.74, 6) is 1.09. The molecule has 8 heteroatoms. The van der Waals surface area contributed by atoms with Gasteiger partial charge in [-0.05, 0) is 49.6 Å². The molecule has 2 aromatic carbocycles. The Hall–Kier alpha value is -3.42. The van der Waals surface area contributed by atoms with Crippen molar-refractivity contribution in [3.63, 3.8) is 0 Å². The molecule has 0 unspecified atom stereocenters. The lowest BCUT2D eigenvalue weighted by Crippen LogP contribution is -2.15. The van der Waals surface area contributed by atoms with E-state index in [0.29, 0.717) is 22.7 Å². The molecule has 4 rings (SSSR count). The van der Waals surface area contributed by atoms with Crippen molar-refractivity contribution in [3.8, 4) is 5.75 Å². The summed E-state index contributed by atoms with van der Waals surface area (Å²) in [7, 11) is 0. The van der Waals surface area contributed by atoms with Crippen LogP contribution in [-0.4, -0.2) is 22.4 Å². The first-order valence-electron chi connectivity index (χ1n) is 9.08. The molecule has 1 amide bonds. The lowest BCUT2D eigenvalue weighted by molar-refractivity contribution is -0.385. The number of nitrogens with one attached hydrogen (secondary N) is 1. The minimum Gasteiger partial charge on any atom is -0.486 e. The zero-order valence-corrected chi connectivity index (χ0v) is 15.3. The summed E-state index contributed by atoms with van der Waals surface area (Å²) in [6, 6.07) is 9.95. The van der Waals surface area contributed by atoms with Crippen molar-refractivity contribution in [3.05, 3.63) is 58.0 Å². The Balaban J connectivity index is 1.35. The predicted octanol–water partition coefficient (Wildman–Crippen LogP) is 4.33. The van der Waals surface area contributed by atoms with E-state index in [0.717, 1.165) is 24.3 Å². The Morgan fingerprint density at radius 3 is 2.89 bits per heavy atom. The molecule has 28 heavy (non-hydrogen) atoms. The van der Waals surface area contributed by atoms with E-state index >= 15 is 0 Å². The summed E-state index contributed by atoms with van der Waals surface area (Å²) in [6.07, 6.45) is 2.28. The molecule has 1 fully saturated rings. The highest BCUT2D eigenvalue weighted by molar-refractivity contribution is 5.92. The number of aromatic nitrogens is 1. The zero-order chi connectivity index (χ0) is 19.7. The number of aryl methyl sites for hydroxylation is 1. The number of carbonyl (C=O) groups is 1. The van der Waals surface area contributed by atoms with Crippen molar-refractivity contribution >= 4 is 28.4 Å². The molecule has 144 valence electrons. The Labute approximate surface area is 160 Å². The van der Waals surface area contributed by atoms with E-state index in [-0.39, 0.29) is 30.4 Å². The first kappa shape index (κ1) is 18.0. The van der Waals surface area contributed by atoms with Crippen molar-refractivity contribution < 1.29 is 18.9 Å². The number of fused-ring (bicyclic) bond motifs is 1. The molecular formula is C20H19N3O5. The largest absolute Gasteiger partial charge is 0.486 e. The molecule has 0 aliphatic heterocycles. The molecule has 1 aliphatic rings. The number of carbonyl (C=O) groups excluding carboxylic acids is 1. The van der Waals surface area contributed by atoms with E-state index in [1.54, 1.807) is 30.3 Å². The van der Waals surface area contributed by atoms with Crippen LogP contribution in [0.1, 0.15) is 36.6 Å². The van der Waals surface area contributed by atoms with Gasteiger partial charge in [-0.25, -0.2) is 4.98 Å². The third-order valence-electron chi connectivity index (χ3n) is 4.51. The van der Waals surface area contributed by atoms with Gasteiger partial charge in [0.05, 0.1) is 18.0 Å². The Morgan fingerprint density at radius 1 is 1.32 bits per heavy atom. The fourth-order valence-corrected chi connectivity index (χ4v) is 2.89. The number of ether oxygens (including phenoxy) is 1. The van der Waals surface area contributed by atoms with Gasteiger partial charge in [-0.1, -0.05) is 6.07 Å². The quantitative estimate of drug-likeness (QED) is 0.482. The summed E-state index contributed by atoms with van der Waals surface area (Å²) >= 11 is 0. The number of hydrogen-bond acceptors (Lipinski definition) is 6. The number of anilines is 1. The van der Waals surface area contributed by atoms with Gasteiger partial charge in [0.25, 0.3) is 0 Å². The highest BCUT2D eigenvalue weighted by atomic mass is 16.6. The van der Waals surface area contributed by atoms with Crippen LogP contribution in [-0.2, 0) is 4.79 Å². The minimum absolute atomic E-state index is 0.0359. The first-order valence-corrected chi connectivity index (χ1v) is 9.08. The maximum Gasteiger partial charge on any atom is 0.310 e. The summed E-state index contributed by atoms with van der Waals surface area (Å²) in [5, 5.41) is 13.8. The van der Waals surface area contributed by atoms with E-state index in [9.17, 15) is 14.9 Å². The number of nitrogens with zero attached hydrogens (tertiary/aromatic N) is 2. The Bertz CT molecular complexity index is 1060. The van der Waals surface area contributed by atoms with Crippen LogP contribution in [0, 0.1) is 17.0 Å². The normalized spacial score (nSPS) is 13.5. The van der Waals surface area contributed by atoms with Crippen molar-refractivity contribution in [2.75, 3.05) is 11.9 Å². The predicted molar refractivity (Wildman–Crippen MR) is 103 cm³/mol. The molecule has 0 spiro atoms. The highest BCUT2D eigenvalue weighted by Gasteiger charge is 2.28. The van der Waals surface area contributed by atoms with Gasteiger partial charge in [0, 0.05) is 17.7 Å². The second-order valence-electron chi connectivity index (χ2n) is 6.88. The van der Waals surface area contributed by atoms with Gasteiger partial charge >= 0.3 is 5.69 Å². The minimum atomic E-state index is -0.502. The highest BCUT2D eigenvalue weighted by Crippen LogP contribution is 2.40. The van der Waals surface area contributed by atoms with Gasteiger partial charge in [0.2, 0.25) is 5.91 Å². The van der Waals surface area contributed by atoms with E-state index in [2.05, 4.69) is 10.3 Å². The lowest BCUT2D eigenvalue weighted by atomic mass is 10.2. The Kier molecular flexibility index (Phi) is 4.68. The molecule has 8 nitrogen and oxygen atoms in total. The molecule has 1 heterocycles. The van der Waals surface area contributed by atoms with E-state index in [4.69, 9.17) is 9.15 Å². The lowest BCUT2D eigenvalue weighted by Gasteiger charge is -2.08. The van der Waals surface area contributed by atoms with Crippen molar-refractivity contribution in [1.82, 2.24) is 4.98 Å². The van der Waals surface area contributed by atoms with Crippen LogP contribution in [0.15, 0.2) is 40.8 Å². The number of benzene rings is 2. The molecule has 1 saturated carbocycles. The molecule has 1 aliphatic carbocycles. The molecular weight excluding hydrogens is 362 g/mol. The smallest absolute Gasteiger partial charge is 0.310 e. The standard InChI is InChI=1S/C20H19N3O5/c1-12-2-6-16(23(25)26)18(10-12)27-9-8-19(24)21-14-5-7-17-15(11-14)22-20(28-17)13-3-4-13/h2,5-7,10-11,13H,3-4,8-9H2,1H3,(H,21,24). The maximum absolute atomic E-state index is 12.2. The maximum atomic E-state index is 12.2. The average molecular weight is 381 g/mol. The molecule has 0 atom stereocenters. The van der Waals surface area contributed by atoms with Crippen LogP contribution in [0.4, 0.5) is 11.4 Å². The zero-order valence-electron chi connectivity index (χ0n) is 15.3. The number of oxazole rings is 1. The molecule has 0 saturated heterocycles. The van der Waals surface area contributed by atoms with Crippen LogP contribution in [0.5, 0.6) is 5.75 Å². The van der Waals surface area contributed by atoms with Gasteiger partial charge in [0.15, 0.2) is 17.2 Å². The van der Waals surface area contributed by atoms with Crippen molar-refractivity contribution in [2.45, 2.75) is 32.1 Å². The van der Waals surface area contributed by atoms with Crippen LogP contribution in [0.25, 0.3) is 11.1 Å². The molecule has 0 bridgehead atoms. The van der Waals surface area contributed by atoms with E-state index in [1.165, 1.54) is 6.07 Å². The van der Waals surface area contributed by atoms with Crippen LogP contribution in [0.2, 0.25) is 0 Å². The summed E-state index contributed by atoms with van der Waals surface area (Å²) in [4.78, 5) is 27.2. The second kappa shape index (κ2) is 7.30. The summed E-state index contributed by atoms with van der Waals surface area (Å²) in [5.41, 5.74) is 2.77. The number of rotatable bonds is 7. The third-order valence-corrected chi connectivity index (χ3v) is 4.51. The van der Waals surface area contributed by atoms with Crippen LogP contribution in [0.3, 0.4) is 0 Å². The SMILES string of the molecule is Cc1ccc([N+](=O)[O-])c(OCCC(=O)Nc2ccc3oc(C4CC4)nc3c2)c1. The fourth-order valence-electron chi connectivity index (χ4n) is 2.89. The van der Waals surface area contributed by atoms with Crippen molar-refractivity contribution in [2.24, 2.45) is 0 Å². The molecule has 0 radical (unpaired) electrons. The molecule has 3 aromatic rings. The van der Waals surface area contributed by atoms with Crippen LogP contribution >= 0.6 is 0 Å². The van der Waals surface area contributed by atoms with E-state index in [1.807, 2.05) is 6.92 Å². The number of nitro benzene ring substituents is 1. The first-order chi connectivity index (χ1) is 13.5. The topological polar surface area (TPSA) is 108 Å². The fraction of sp³-hybridized carbons (Fsp3) is 0.300. The van der Waals surface area contributed by atoms with Gasteiger partial charge in [0.1, 0.15) is 5.52 Å². The van der Waals surface area contributed by atoms with Gasteiger partial charge in [-0.2, -0.15) is 0 Å². The summed E-state index contributed by atoms with van der Waals surface area (Å²) in [6.45, 7) is 1.85. The third kappa shape index (κ3) is 3.95. The van der Waals surface area contributed by atoms with Gasteiger partial charge in [-0.3, -0.25) is 14.9 Å². The Morgan fingerprint density at radius 2 is 2.14 bits per heavy atom. The monoisotopic (exact) mass is 381 g/mol. The molecule has 1 N–H and O–H groups in total. The van der Waals surface area contributed by atoms with Gasteiger partial charge in [-0.15, -0.1) is 0 Å². The number of hydrogen-bond donors (Lipinski definition) is 1. The van der Waals surface area contributed by atoms with Crippen LogP contribution < -0.4 is 10.1 Å². The number of amides is 1.